The van der Waals surface area contributed by atoms with Gasteiger partial charge in [-0.05, 0) is 38.0 Å². The van der Waals surface area contributed by atoms with Crippen molar-refractivity contribution in [3.8, 4) is 0 Å². The van der Waals surface area contributed by atoms with E-state index in [-0.39, 0.29) is 0 Å². The van der Waals surface area contributed by atoms with E-state index >= 15 is 0 Å². The first-order valence-corrected chi connectivity index (χ1v) is 5.30. The van der Waals surface area contributed by atoms with Crippen LogP contribution >= 0.6 is 15.9 Å². The SMILES string of the molecule is C=C(C)\C=C(Br)/C(=C/C=C\C)C(=C)C. The zero-order valence-electron chi connectivity index (χ0n) is 9.10. The van der Waals surface area contributed by atoms with Crippen LogP contribution in [0.15, 0.2) is 58.7 Å². The van der Waals surface area contributed by atoms with Crippen molar-refractivity contribution >= 4 is 15.9 Å². The maximum absolute atomic E-state index is 3.93. The molecule has 0 atom stereocenters. The molecular formula is C13H17Br. The minimum Gasteiger partial charge on any atom is -0.0961 e. The lowest BCUT2D eigenvalue weighted by Gasteiger charge is -2.04. The highest BCUT2D eigenvalue weighted by atomic mass is 79.9. The van der Waals surface area contributed by atoms with Crippen LogP contribution in [-0.2, 0) is 0 Å². The Bertz CT molecular complexity index is 314. The van der Waals surface area contributed by atoms with Gasteiger partial charge in [0.2, 0.25) is 0 Å². The zero-order valence-corrected chi connectivity index (χ0v) is 10.7. The highest BCUT2D eigenvalue weighted by Crippen LogP contribution is 2.24. The van der Waals surface area contributed by atoms with Crippen LogP contribution in [0.4, 0.5) is 0 Å². The molecule has 14 heavy (non-hydrogen) atoms. The van der Waals surface area contributed by atoms with Gasteiger partial charge < -0.3 is 0 Å². The van der Waals surface area contributed by atoms with Crippen LogP contribution in [-0.4, -0.2) is 0 Å². The van der Waals surface area contributed by atoms with E-state index in [1.54, 1.807) is 0 Å². The molecule has 0 aliphatic carbocycles. The number of hydrogen-bond donors (Lipinski definition) is 0. The first kappa shape index (κ1) is 13.2. The maximum atomic E-state index is 3.93. The van der Waals surface area contributed by atoms with Crippen LogP contribution in [0.2, 0.25) is 0 Å². The van der Waals surface area contributed by atoms with Crippen LogP contribution < -0.4 is 0 Å². The minimum absolute atomic E-state index is 1.02. The van der Waals surface area contributed by atoms with Crippen LogP contribution in [0.5, 0.6) is 0 Å². The van der Waals surface area contributed by atoms with Gasteiger partial charge in [0.15, 0.2) is 0 Å². The highest BCUT2D eigenvalue weighted by molar-refractivity contribution is 9.12. The van der Waals surface area contributed by atoms with E-state index in [9.17, 15) is 0 Å². The second kappa shape index (κ2) is 6.61. The number of halogens is 1. The Morgan fingerprint density at radius 2 is 1.79 bits per heavy atom. The Labute approximate surface area is 95.5 Å². The molecular weight excluding hydrogens is 236 g/mol. The van der Waals surface area contributed by atoms with Gasteiger partial charge in [0.25, 0.3) is 0 Å². The van der Waals surface area contributed by atoms with Crippen LogP contribution in [0.25, 0.3) is 0 Å². The van der Waals surface area contributed by atoms with Gasteiger partial charge >= 0.3 is 0 Å². The fourth-order valence-electron chi connectivity index (χ4n) is 0.912. The van der Waals surface area contributed by atoms with Gasteiger partial charge in [-0.2, -0.15) is 0 Å². The number of rotatable bonds is 4. The summed E-state index contributed by atoms with van der Waals surface area (Å²) in [5.41, 5.74) is 3.16. The second-order valence-corrected chi connectivity index (χ2v) is 4.08. The lowest BCUT2D eigenvalue weighted by Crippen LogP contribution is -1.84. The Balaban J connectivity index is 5.03. The third-order valence-corrected chi connectivity index (χ3v) is 2.20. The maximum Gasteiger partial charge on any atom is 0.0252 e. The number of hydrogen-bond acceptors (Lipinski definition) is 0. The fourth-order valence-corrected chi connectivity index (χ4v) is 1.77. The van der Waals surface area contributed by atoms with Crippen molar-refractivity contribution in [3.05, 3.63) is 58.7 Å². The first-order chi connectivity index (χ1) is 6.49. The first-order valence-electron chi connectivity index (χ1n) is 4.51. The Kier molecular flexibility index (Phi) is 6.22. The molecule has 0 aliphatic heterocycles. The summed E-state index contributed by atoms with van der Waals surface area (Å²) in [6.45, 7) is 13.7. The predicted octanol–water partition coefficient (Wildman–Crippen LogP) is 4.92. The average Bonchev–Trinajstić information content (AvgIpc) is 2.02. The molecule has 0 heterocycles. The summed E-state index contributed by atoms with van der Waals surface area (Å²) >= 11 is 3.51. The van der Waals surface area contributed by atoms with Crippen molar-refractivity contribution < 1.29 is 0 Å². The van der Waals surface area contributed by atoms with Crippen molar-refractivity contribution in [2.24, 2.45) is 0 Å². The van der Waals surface area contributed by atoms with Gasteiger partial charge in [-0.25, -0.2) is 0 Å². The molecule has 0 aliphatic rings. The van der Waals surface area contributed by atoms with E-state index in [1.807, 2.05) is 45.1 Å². The summed E-state index contributed by atoms with van der Waals surface area (Å²) in [6.07, 6.45) is 8.01. The van der Waals surface area contributed by atoms with Gasteiger partial charge in [-0.3, -0.25) is 0 Å². The summed E-state index contributed by atoms with van der Waals surface area (Å²) in [6, 6.07) is 0. The van der Waals surface area contributed by atoms with E-state index in [4.69, 9.17) is 0 Å². The van der Waals surface area contributed by atoms with Crippen molar-refractivity contribution in [1.29, 1.82) is 0 Å². The Morgan fingerprint density at radius 3 is 2.14 bits per heavy atom. The lowest BCUT2D eigenvalue weighted by molar-refractivity contribution is 1.42. The number of allylic oxidation sites excluding steroid dienone is 8. The molecule has 0 fully saturated rings. The third kappa shape index (κ3) is 5.03. The summed E-state index contributed by atoms with van der Waals surface area (Å²) in [7, 11) is 0. The second-order valence-electron chi connectivity index (χ2n) is 3.23. The van der Waals surface area contributed by atoms with Gasteiger partial charge in [0.1, 0.15) is 0 Å². The van der Waals surface area contributed by atoms with Crippen molar-refractivity contribution in [2.45, 2.75) is 20.8 Å². The quantitative estimate of drug-likeness (QED) is 0.624. The molecule has 0 radical (unpaired) electrons. The molecule has 0 aromatic rings. The van der Waals surface area contributed by atoms with E-state index < -0.39 is 0 Å². The summed E-state index contributed by atoms with van der Waals surface area (Å²) < 4.78 is 1.02. The van der Waals surface area contributed by atoms with Gasteiger partial charge in [-0.15, -0.1) is 0 Å². The van der Waals surface area contributed by atoms with E-state index in [0.717, 1.165) is 21.2 Å². The van der Waals surface area contributed by atoms with E-state index in [0.29, 0.717) is 0 Å². The average molecular weight is 253 g/mol. The predicted molar refractivity (Wildman–Crippen MR) is 69.5 cm³/mol. The lowest BCUT2D eigenvalue weighted by atomic mass is 10.1. The Hall–Kier alpha value is -0.820. The van der Waals surface area contributed by atoms with E-state index in [1.165, 1.54) is 0 Å². The van der Waals surface area contributed by atoms with Crippen LogP contribution in [0.3, 0.4) is 0 Å². The molecule has 0 saturated heterocycles. The largest absolute Gasteiger partial charge is 0.0961 e. The molecule has 76 valence electrons. The zero-order chi connectivity index (χ0) is 11.1. The molecule has 0 N–H and O–H groups in total. The molecule has 0 bridgehead atoms. The van der Waals surface area contributed by atoms with E-state index in [2.05, 4.69) is 29.1 Å². The molecule has 0 unspecified atom stereocenters. The monoisotopic (exact) mass is 252 g/mol. The van der Waals surface area contributed by atoms with Crippen molar-refractivity contribution in [3.63, 3.8) is 0 Å². The fraction of sp³-hybridized carbons (Fsp3) is 0.231. The molecule has 0 amide bonds. The summed E-state index contributed by atoms with van der Waals surface area (Å²) in [5.74, 6) is 0. The van der Waals surface area contributed by atoms with Crippen molar-refractivity contribution in [1.82, 2.24) is 0 Å². The minimum atomic E-state index is 1.02. The Morgan fingerprint density at radius 1 is 1.21 bits per heavy atom. The highest BCUT2D eigenvalue weighted by Gasteiger charge is 2.00. The van der Waals surface area contributed by atoms with Crippen LogP contribution in [0, 0.1) is 0 Å². The molecule has 0 rings (SSSR count). The molecule has 1 heteroatoms. The smallest absolute Gasteiger partial charge is 0.0252 e. The van der Waals surface area contributed by atoms with Gasteiger partial charge in [0.05, 0.1) is 0 Å². The van der Waals surface area contributed by atoms with Gasteiger partial charge in [-0.1, -0.05) is 52.9 Å². The summed E-state index contributed by atoms with van der Waals surface area (Å²) in [5, 5.41) is 0. The summed E-state index contributed by atoms with van der Waals surface area (Å²) in [4.78, 5) is 0. The molecule has 0 aromatic carbocycles. The molecule has 0 spiro atoms. The molecule has 0 nitrogen and oxygen atoms in total. The normalized spacial score (nSPS) is 13.4. The topological polar surface area (TPSA) is 0 Å². The molecule has 0 aromatic heterocycles. The van der Waals surface area contributed by atoms with Gasteiger partial charge in [0, 0.05) is 4.48 Å². The van der Waals surface area contributed by atoms with Crippen LogP contribution in [0.1, 0.15) is 20.8 Å². The standard InChI is InChI=1S/C13H17Br/c1-6-7-8-12(11(4)5)13(14)9-10(2)3/h6-9H,2,4H2,1,3,5H3/b7-6-,12-8+,13-9+. The third-order valence-electron chi connectivity index (χ3n) is 1.55. The van der Waals surface area contributed by atoms with Crippen molar-refractivity contribution in [2.75, 3.05) is 0 Å². The molecule has 0 saturated carbocycles.